The first kappa shape index (κ1) is 18.1. The lowest BCUT2D eigenvalue weighted by atomic mass is 10.2. The van der Waals surface area contributed by atoms with E-state index in [4.69, 9.17) is 4.74 Å². The Morgan fingerprint density at radius 3 is 2.50 bits per heavy atom. The lowest BCUT2D eigenvalue weighted by Crippen LogP contribution is -2.31. The monoisotopic (exact) mass is 375 g/mol. The molecule has 0 saturated heterocycles. The van der Waals surface area contributed by atoms with E-state index < -0.39 is 21.8 Å². The third-order valence-corrected chi connectivity index (χ3v) is 5.83. The molecule has 2 aromatic carbocycles. The molecule has 0 atom stereocenters. The Morgan fingerprint density at radius 2 is 1.81 bits per heavy atom. The van der Waals surface area contributed by atoms with Gasteiger partial charge in [-0.2, -0.15) is 0 Å². The van der Waals surface area contributed by atoms with Crippen LogP contribution in [0.3, 0.4) is 0 Å². The number of nitrogens with zero attached hydrogens (tertiary/aromatic N) is 1. The van der Waals surface area contributed by atoms with Gasteiger partial charge >= 0.3 is 5.97 Å². The number of hydrogen-bond donors (Lipinski definition) is 0. The highest BCUT2D eigenvalue weighted by Crippen LogP contribution is 2.33. The van der Waals surface area contributed by atoms with E-state index in [2.05, 4.69) is 0 Å². The van der Waals surface area contributed by atoms with Crippen LogP contribution in [0.4, 0.5) is 4.39 Å². The van der Waals surface area contributed by atoms with E-state index in [9.17, 15) is 17.6 Å². The van der Waals surface area contributed by atoms with Gasteiger partial charge in [0.2, 0.25) is 0 Å². The van der Waals surface area contributed by atoms with Crippen LogP contribution in [-0.2, 0) is 14.8 Å². The third kappa shape index (κ3) is 3.48. The van der Waals surface area contributed by atoms with Crippen LogP contribution in [0.5, 0.6) is 0 Å². The Morgan fingerprint density at radius 1 is 1.12 bits per heavy atom. The minimum Gasteiger partial charge on any atom is -0.421 e. The molecular weight excluding hydrogens is 357 g/mol. The molecule has 5 nitrogen and oxygen atoms in total. The molecule has 26 heavy (non-hydrogen) atoms. The van der Waals surface area contributed by atoms with Crippen molar-refractivity contribution >= 4 is 21.8 Å². The first-order valence-corrected chi connectivity index (χ1v) is 9.68. The lowest BCUT2D eigenvalue weighted by molar-refractivity contribution is 0.0688. The van der Waals surface area contributed by atoms with E-state index in [0.29, 0.717) is 18.5 Å². The minimum atomic E-state index is -3.68. The van der Waals surface area contributed by atoms with Crippen LogP contribution in [0.1, 0.15) is 35.7 Å². The summed E-state index contributed by atoms with van der Waals surface area (Å²) in [6.07, 6.45) is 2.85. The van der Waals surface area contributed by atoms with Gasteiger partial charge in [-0.3, -0.25) is 4.31 Å². The average molecular weight is 375 g/mol. The predicted molar refractivity (Wildman–Crippen MR) is 95.0 cm³/mol. The molecule has 136 valence electrons. The maximum atomic E-state index is 13.0. The number of benzene rings is 2. The third-order valence-electron chi connectivity index (χ3n) is 4.02. The van der Waals surface area contributed by atoms with Gasteiger partial charge in [-0.05, 0) is 42.8 Å². The summed E-state index contributed by atoms with van der Waals surface area (Å²) in [6.45, 7) is 2.26. The van der Waals surface area contributed by atoms with Crippen molar-refractivity contribution in [1.82, 2.24) is 4.31 Å². The second kappa shape index (κ2) is 7.29. The van der Waals surface area contributed by atoms with E-state index >= 15 is 0 Å². The molecule has 3 rings (SSSR count). The summed E-state index contributed by atoms with van der Waals surface area (Å²) in [7, 11) is -3.68. The van der Waals surface area contributed by atoms with E-state index in [0.717, 1.165) is 18.6 Å². The molecule has 0 unspecified atom stereocenters. The molecule has 0 fully saturated rings. The fourth-order valence-corrected chi connectivity index (χ4v) is 4.17. The first-order chi connectivity index (χ1) is 12.4. The molecule has 7 heteroatoms. The molecule has 0 saturated carbocycles. The van der Waals surface area contributed by atoms with Gasteiger partial charge in [0.05, 0.1) is 16.7 Å². The summed E-state index contributed by atoms with van der Waals surface area (Å²) in [6, 6.07) is 11.3. The summed E-state index contributed by atoms with van der Waals surface area (Å²) in [5.41, 5.74) is 0.508. The van der Waals surface area contributed by atoms with E-state index in [1.54, 1.807) is 18.2 Å². The zero-order valence-electron chi connectivity index (χ0n) is 14.2. The maximum Gasteiger partial charge on any atom is 0.343 e. The van der Waals surface area contributed by atoms with Crippen LogP contribution in [-0.4, -0.2) is 25.2 Å². The topological polar surface area (TPSA) is 63.7 Å². The van der Waals surface area contributed by atoms with Crippen molar-refractivity contribution in [2.75, 3.05) is 6.54 Å². The van der Waals surface area contributed by atoms with Crippen LogP contribution in [0.15, 0.2) is 59.6 Å². The van der Waals surface area contributed by atoms with Gasteiger partial charge in [0.1, 0.15) is 5.82 Å². The number of sulfonamides is 1. The minimum absolute atomic E-state index is 0.0977. The van der Waals surface area contributed by atoms with E-state index in [1.165, 1.54) is 28.7 Å². The molecule has 0 amide bonds. The van der Waals surface area contributed by atoms with Crippen molar-refractivity contribution in [1.29, 1.82) is 0 Å². The van der Waals surface area contributed by atoms with Gasteiger partial charge in [-0.1, -0.05) is 25.5 Å². The van der Waals surface area contributed by atoms with Crippen molar-refractivity contribution in [2.45, 2.75) is 24.7 Å². The molecule has 1 aliphatic heterocycles. The predicted octanol–water partition coefficient (Wildman–Crippen LogP) is 3.79. The molecule has 2 aromatic rings. The van der Waals surface area contributed by atoms with Gasteiger partial charge in [-0.25, -0.2) is 17.6 Å². The normalized spacial score (nSPS) is 15.2. The molecule has 0 N–H and O–H groups in total. The number of rotatable bonds is 5. The Kier molecular flexibility index (Phi) is 5.08. The Balaban J connectivity index is 1.97. The SMILES string of the molecule is CCCCN1C=C(OC(=O)c2ccc(F)cc2)c2ccccc2S1(=O)=O. The van der Waals surface area contributed by atoms with Crippen LogP contribution < -0.4 is 0 Å². The smallest absolute Gasteiger partial charge is 0.343 e. The number of carbonyl (C=O) groups is 1. The van der Waals surface area contributed by atoms with Crippen molar-refractivity contribution in [2.24, 2.45) is 0 Å². The highest BCUT2D eigenvalue weighted by atomic mass is 32.2. The molecule has 0 aliphatic carbocycles. The fraction of sp³-hybridized carbons (Fsp3) is 0.211. The summed E-state index contributed by atoms with van der Waals surface area (Å²) in [4.78, 5) is 12.5. The number of fused-ring (bicyclic) bond motifs is 1. The summed E-state index contributed by atoms with van der Waals surface area (Å²) < 4.78 is 45.2. The van der Waals surface area contributed by atoms with Gasteiger partial charge in [0.15, 0.2) is 5.76 Å². The summed E-state index contributed by atoms with van der Waals surface area (Å²) in [5.74, 6) is -0.984. The second-order valence-electron chi connectivity index (χ2n) is 5.86. The lowest BCUT2D eigenvalue weighted by Gasteiger charge is -2.27. The van der Waals surface area contributed by atoms with Crippen molar-refractivity contribution in [3.05, 3.63) is 71.7 Å². The number of carbonyl (C=O) groups excluding carboxylic acids is 1. The van der Waals surface area contributed by atoms with Crippen molar-refractivity contribution in [3.8, 4) is 0 Å². The van der Waals surface area contributed by atoms with Crippen LogP contribution in [0, 0.1) is 5.82 Å². The standard InChI is InChI=1S/C19H18FNO4S/c1-2-3-12-21-13-17(16-6-4-5-7-18(16)26(21,23)24)25-19(22)14-8-10-15(20)11-9-14/h4-11,13H,2-3,12H2,1H3. The van der Waals surface area contributed by atoms with Crippen molar-refractivity contribution < 1.29 is 22.3 Å². The number of unbranched alkanes of at least 4 members (excludes halogenated alkanes) is 1. The molecule has 0 bridgehead atoms. The molecule has 1 aliphatic rings. The van der Waals surface area contributed by atoms with Gasteiger partial charge in [-0.15, -0.1) is 0 Å². The molecule has 1 heterocycles. The second-order valence-corrected chi connectivity index (χ2v) is 7.71. The van der Waals surface area contributed by atoms with Crippen molar-refractivity contribution in [3.63, 3.8) is 0 Å². The largest absolute Gasteiger partial charge is 0.421 e. The van der Waals surface area contributed by atoms with Crippen LogP contribution >= 0.6 is 0 Å². The molecule has 0 radical (unpaired) electrons. The van der Waals surface area contributed by atoms with Gasteiger partial charge < -0.3 is 4.74 Å². The Labute approximate surface area is 151 Å². The van der Waals surface area contributed by atoms with E-state index in [-0.39, 0.29) is 16.2 Å². The summed E-state index contributed by atoms with van der Waals surface area (Å²) >= 11 is 0. The number of hydrogen-bond acceptors (Lipinski definition) is 4. The Bertz CT molecular complexity index is 952. The zero-order chi connectivity index (χ0) is 18.7. The Hall–Kier alpha value is -2.67. The molecule has 0 aromatic heterocycles. The summed E-state index contributed by atoms with van der Waals surface area (Å²) in [5, 5.41) is 0. The zero-order valence-corrected chi connectivity index (χ0v) is 15.0. The highest BCUT2D eigenvalue weighted by molar-refractivity contribution is 7.89. The quantitative estimate of drug-likeness (QED) is 0.746. The maximum absolute atomic E-state index is 13.0. The first-order valence-electron chi connectivity index (χ1n) is 8.24. The van der Waals surface area contributed by atoms with Gasteiger partial charge in [0.25, 0.3) is 10.0 Å². The average Bonchev–Trinajstić information content (AvgIpc) is 2.63. The van der Waals surface area contributed by atoms with Crippen LogP contribution in [0.25, 0.3) is 5.76 Å². The van der Waals surface area contributed by atoms with Crippen LogP contribution in [0.2, 0.25) is 0 Å². The molecular formula is C19H18FNO4S. The number of esters is 1. The molecule has 0 spiro atoms. The van der Waals surface area contributed by atoms with E-state index in [1.807, 2.05) is 6.92 Å². The number of ether oxygens (including phenoxy) is 1. The van der Waals surface area contributed by atoms with Gasteiger partial charge in [0, 0.05) is 12.1 Å². The highest BCUT2D eigenvalue weighted by Gasteiger charge is 2.32. The number of halogens is 1. The fourth-order valence-electron chi connectivity index (χ4n) is 2.62.